The predicted molar refractivity (Wildman–Crippen MR) is 62.9 cm³/mol. The second kappa shape index (κ2) is 4.03. The number of furan rings is 1. The highest BCUT2D eigenvalue weighted by Crippen LogP contribution is 2.38. The molecule has 3 rings (SSSR count). The zero-order chi connectivity index (χ0) is 13.4. The molecule has 94 valence electrons. The SMILES string of the molecule is N#CC1=C(N)Oc2nc[nH]c(=O)c2C1c1ccoc1. The van der Waals surface area contributed by atoms with Crippen LogP contribution in [0.2, 0.25) is 0 Å². The topological polar surface area (TPSA) is 118 Å². The Kier molecular flexibility index (Phi) is 2.35. The number of nitrogens with zero attached hydrogens (tertiary/aromatic N) is 2. The molecule has 7 nitrogen and oxygen atoms in total. The highest BCUT2D eigenvalue weighted by Gasteiger charge is 2.34. The number of hydrogen-bond donors (Lipinski definition) is 2. The van der Waals surface area contributed by atoms with Gasteiger partial charge in [-0.1, -0.05) is 0 Å². The van der Waals surface area contributed by atoms with Crippen LogP contribution in [-0.2, 0) is 0 Å². The summed E-state index contributed by atoms with van der Waals surface area (Å²) in [5.74, 6) is -0.587. The van der Waals surface area contributed by atoms with Crippen molar-refractivity contribution in [2.24, 2.45) is 5.73 Å². The average Bonchev–Trinajstić information content (AvgIpc) is 2.91. The molecule has 0 saturated carbocycles. The number of ether oxygens (including phenoxy) is 1. The first kappa shape index (κ1) is 11.1. The Morgan fingerprint density at radius 3 is 3.05 bits per heavy atom. The summed E-state index contributed by atoms with van der Waals surface area (Å²) in [4.78, 5) is 18.3. The van der Waals surface area contributed by atoms with Gasteiger partial charge in [-0.15, -0.1) is 0 Å². The van der Waals surface area contributed by atoms with Crippen molar-refractivity contribution in [2.75, 3.05) is 0 Å². The molecule has 7 heteroatoms. The molecular weight excluding hydrogens is 248 g/mol. The Morgan fingerprint density at radius 1 is 1.53 bits per heavy atom. The van der Waals surface area contributed by atoms with E-state index in [1.165, 1.54) is 18.9 Å². The standard InChI is InChI=1S/C12H8N4O3/c13-3-7-8(6-1-2-18-4-6)9-11(17)15-5-16-12(9)19-10(7)14/h1-2,4-5,8H,14H2,(H,15,16,17). The fourth-order valence-corrected chi connectivity index (χ4v) is 2.07. The summed E-state index contributed by atoms with van der Waals surface area (Å²) in [5.41, 5.74) is 6.37. The number of fused-ring (bicyclic) bond motifs is 1. The summed E-state index contributed by atoms with van der Waals surface area (Å²) >= 11 is 0. The van der Waals surface area contributed by atoms with Crippen molar-refractivity contribution in [3.63, 3.8) is 0 Å². The Hall–Kier alpha value is -3.01. The molecule has 0 saturated heterocycles. The van der Waals surface area contributed by atoms with E-state index in [1.807, 2.05) is 6.07 Å². The van der Waals surface area contributed by atoms with Crippen LogP contribution >= 0.6 is 0 Å². The van der Waals surface area contributed by atoms with Crippen molar-refractivity contribution in [2.45, 2.75) is 5.92 Å². The van der Waals surface area contributed by atoms with Gasteiger partial charge in [-0.05, 0) is 6.07 Å². The lowest BCUT2D eigenvalue weighted by Gasteiger charge is -2.22. The van der Waals surface area contributed by atoms with Gasteiger partial charge >= 0.3 is 0 Å². The molecule has 1 aliphatic heterocycles. The summed E-state index contributed by atoms with van der Waals surface area (Å²) < 4.78 is 10.2. The number of nitrogens with two attached hydrogens (primary N) is 1. The van der Waals surface area contributed by atoms with Crippen LogP contribution < -0.4 is 16.0 Å². The van der Waals surface area contributed by atoms with Gasteiger partial charge in [-0.3, -0.25) is 4.79 Å². The average molecular weight is 256 g/mol. The highest BCUT2D eigenvalue weighted by atomic mass is 16.5. The second-order valence-electron chi connectivity index (χ2n) is 3.93. The maximum absolute atomic E-state index is 12.0. The van der Waals surface area contributed by atoms with Gasteiger partial charge in [-0.25, -0.2) is 4.98 Å². The zero-order valence-corrected chi connectivity index (χ0v) is 9.58. The van der Waals surface area contributed by atoms with Crippen molar-refractivity contribution < 1.29 is 9.15 Å². The first-order valence-electron chi connectivity index (χ1n) is 5.39. The van der Waals surface area contributed by atoms with Crippen LogP contribution in [0.4, 0.5) is 0 Å². The Labute approximate surface area is 106 Å². The van der Waals surface area contributed by atoms with Crippen molar-refractivity contribution >= 4 is 0 Å². The summed E-state index contributed by atoms with van der Waals surface area (Å²) in [7, 11) is 0. The van der Waals surface area contributed by atoms with Crippen molar-refractivity contribution in [3.8, 4) is 11.9 Å². The zero-order valence-electron chi connectivity index (χ0n) is 9.58. The molecule has 0 aliphatic carbocycles. The number of allylic oxidation sites excluding steroid dienone is 1. The van der Waals surface area contributed by atoms with Crippen LogP contribution in [0.1, 0.15) is 17.0 Å². The van der Waals surface area contributed by atoms with Gasteiger partial charge in [0.05, 0.1) is 30.3 Å². The molecule has 19 heavy (non-hydrogen) atoms. The minimum atomic E-state index is -0.634. The molecule has 0 amide bonds. The molecule has 0 spiro atoms. The van der Waals surface area contributed by atoms with E-state index < -0.39 is 5.92 Å². The van der Waals surface area contributed by atoms with Crippen LogP contribution in [-0.4, -0.2) is 9.97 Å². The number of aromatic nitrogens is 2. The van der Waals surface area contributed by atoms with E-state index in [1.54, 1.807) is 6.07 Å². The molecule has 0 fully saturated rings. The fraction of sp³-hybridized carbons (Fsp3) is 0.0833. The van der Waals surface area contributed by atoms with Crippen molar-refractivity contribution in [1.82, 2.24) is 9.97 Å². The third-order valence-electron chi connectivity index (χ3n) is 2.90. The lowest BCUT2D eigenvalue weighted by molar-refractivity contribution is 0.374. The lowest BCUT2D eigenvalue weighted by Crippen LogP contribution is -2.28. The number of rotatable bonds is 1. The molecular formula is C12H8N4O3. The van der Waals surface area contributed by atoms with Gasteiger partial charge < -0.3 is 19.9 Å². The third-order valence-corrected chi connectivity index (χ3v) is 2.90. The maximum Gasteiger partial charge on any atom is 0.258 e. The number of nitrogens with one attached hydrogen (secondary N) is 1. The Morgan fingerprint density at radius 2 is 2.37 bits per heavy atom. The molecule has 2 aromatic heterocycles. The predicted octanol–water partition coefficient (Wildman–Crippen LogP) is 0.581. The van der Waals surface area contributed by atoms with E-state index in [0.29, 0.717) is 5.56 Å². The molecule has 3 N–H and O–H groups in total. The molecule has 1 unspecified atom stereocenters. The van der Waals surface area contributed by atoms with E-state index in [4.69, 9.17) is 14.9 Å². The van der Waals surface area contributed by atoms with Crippen LogP contribution in [0.5, 0.6) is 5.88 Å². The van der Waals surface area contributed by atoms with Gasteiger partial charge in [0.2, 0.25) is 11.8 Å². The normalized spacial score (nSPS) is 17.5. The molecule has 0 bridgehead atoms. The molecule has 1 atom stereocenters. The maximum atomic E-state index is 12.0. The van der Waals surface area contributed by atoms with E-state index in [-0.39, 0.29) is 28.5 Å². The van der Waals surface area contributed by atoms with E-state index in [2.05, 4.69) is 9.97 Å². The Bertz CT molecular complexity index is 752. The van der Waals surface area contributed by atoms with E-state index in [9.17, 15) is 10.1 Å². The van der Waals surface area contributed by atoms with Crippen molar-refractivity contribution in [3.05, 3.63) is 57.9 Å². The van der Waals surface area contributed by atoms with E-state index >= 15 is 0 Å². The first-order chi connectivity index (χ1) is 9.22. The fourth-order valence-electron chi connectivity index (χ4n) is 2.07. The van der Waals surface area contributed by atoms with Crippen molar-refractivity contribution in [1.29, 1.82) is 5.26 Å². The first-order valence-corrected chi connectivity index (χ1v) is 5.39. The summed E-state index contributed by atoms with van der Waals surface area (Å²) in [6.07, 6.45) is 4.13. The molecule has 0 aromatic carbocycles. The van der Waals surface area contributed by atoms with Crippen LogP contribution in [0.3, 0.4) is 0 Å². The number of aromatic amines is 1. The third kappa shape index (κ3) is 1.58. The monoisotopic (exact) mass is 256 g/mol. The number of hydrogen-bond acceptors (Lipinski definition) is 6. The minimum absolute atomic E-state index is 0.0562. The van der Waals surface area contributed by atoms with Gasteiger partial charge in [0, 0.05) is 5.56 Å². The van der Waals surface area contributed by atoms with Gasteiger partial charge in [0.1, 0.15) is 11.6 Å². The van der Waals surface area contributed by atoms with Crippen LogP contribution in [0.25, 0.3) is 0 Å². The largest absolute Gasteiger partial charge is 0.472 e. The lowest BCUT2D eigenvalue weighted by atomic mass is 9.87. The number of nitriles is 1. The minimum Gasteiger partial charge on any atom is -0.472 e. The van der Waals surface area contributed by atoms with Crippen LogP contribution in [0.15, 0.2) is 45.6 Å². The summed E-state index contributed by atoms with van der Waals surface area (Å²) in [5, 5.41) is 9.22. The summed E-state index contributed by atoms with van der Waals surface area (Å²) in [6.45, 7) is 0. The second-order valence-corrected chi connectivity index (χ2v) is 3.93. The molecule has 0 radical (unpaired) electrons. The molecule has 2 aromatic rings. The smallest absolute Gasteiger partial charge is 0.258 e. The van der Waals surface area contributed by atoms with Gasteiger partial charge in [0.15, 0.2) is 0 Å². The quantitative estimate of drug-likeness (QED) is 0.770. The van der Waals surface area contributed by atoms with Gasteiger partial charge in [0.25, 0.3) is 5.56 Å². The Balaban J connectivity index is 2.31. The molecule has 1 aliphatic rings. The highest BCUT2D eigenvalue weighted by molar-refractivity contribution is 5.51. The number of H-pyrrole nitrogens is 1. The van der Waals surface area contributed by atoms with Gasteiger partial charge in [-0.2, -0.15) is 5.26 Å². The van der Waals surface area contributed by atoms with Crippen LogP contribution in [0, 0.1) is 11.3 Å². The molecule has 3 heterocycles. The van der Waals surface area contributed by atoms with E-state index in [0.717, 1.165) is 0 Å². The summed E-state index contributed by atoms with van der Waals surface area (Å²) in [6, 6.07) is 3.63.